The van der Waals surface area contributed by atoms with Crippen molar-refractivity contribution in [3.63, 3.8) is 0 Å². The fourth-order valence-electron chi connectivity index (χ4n) is 3.10. The number of nitrogens with zero attached hydrogens (tertiary/aromatic N) is 3. The number of allylic oxidation sites excluding steroid dienone is 1. The molecule has 1 heterocycles. The van der Waals surface area contributed by atoms with Crippen molar-refractivity contribution >= 4 is 23.4 Å². The van der Waals surface area contributed by atoms with E-state index >= 15 is 0 Å². The second-order valence-corrected chi connectivity index (χ2v) is 8.09. The molecule has 0 aliphatic rings. The predicted octanol–water partition coefficient (Wildman–Crippen LogP) is 5.66. The quantitative estimate of drug-likeness (QED) is 0.319. The van der Waals surface area contributed by atoms with Gasteiger partial charge in [0, 0.05) is 6.54 Å². The van der Waals surface area contributed by atoms with E-state index in [1.54, 1.807) is 10.6 Å². The number of rotatable bonds is 9. The van der Waals surface area contributed by atoms with E-state index in [1.165, 1.54) is 18.2 Å². The van der Waals surface area contributed by atoms with Crippen molar-refractivity contribution < 1.29 is 22.7 Å². The monoisotopic (exact) mass is 476 g/mol. The smallest absolute Gasteiger partial charge is 0.418 e. The first-order valence-electron chi connectivity index (χ1n) is 10.1. The summed E-state index contributed by atoms with van der Waals surface area (Å²) in [4.78, 5) is 12.4. The van der Waals surface area contributed by atoms with Crippen LogP contribution in [-0.2, 0) is 17.5 Å². The molecule has 33 heavy (non-hydrogen) atoms. The summed E-state index contributed by atoms with van der Waals surface area (Å²) >= 11 is 1.07. The lowest BCUT2D eigenvalue weighted by molar-refractivity contribution is -0.137. The molecule has 0 aliphatic heterocycles. The largest absolute Gasteiger partial charge is 0.482 e. The number of thioether (sulfide) groups is 1. The summed E-state index contributed by atoms with van der Waals surface area (Å²) < 4.78 is 47.2. The van der Waals surface area contributed by atoms with Crippen LogP contribution in [0.15, 0.2) is 66.3 Å². The molecule has 1 atom stereocenters. The third kappa shape index (κ3) is 6.16. The van der Waals surface area contributed by atoms with Crippen LogP contribution >= 0.6 is 11.8 Å². The summed E-state index contributed by atoms with van der Waals surface area (Å²) in [5, 5.41) is 11.1. The van der Waals surface area contributed by atoms with Gasteiger partial charge in [-0.05, 0) is 37.6 Å². The average molecular weight is 477 g/mol. The summed E-state index contributed by atoms with van der Waals surface area (Å²) in [5.74, 6) is 0.531. The number of para-hydroxylation sites is 2. The fourth-order valence-corrected chi connectivity index (χ4v) is 3.85. The number of alkyl halides is 3. The highest BCUT2D eigenvalue weighted by atomic mass is 32.2. The minimum atomic E-state index is -4.57. The Hall–Kier alpha value is -3.27. The Bertz CT molecular complexity index is 1130. The van der Waals surface area contributed by atoms with Crippen molar-refractivity contribution in [2.24, 2.45) is 0 Å². The Morgan fingerprint density at radius 1 is 1.21 bits per heavy atom. The van der Waals surface area contributed by atoms with Crippen LogP contribution in [0.5, 0.6) is 5.75 Å². The number of halogens is 3. The number of benzene rings is 2. The molecule has 0 radical (unpaired) electrons. The third-order valence-electron chi connectivity index (χ3n) is 4.66. The second-order valence-electron chi connectivity index (χ2n) is 7.15. The summed E-state index contributed by atoms with van der Waals surface area (Å²) in [6.45, 7) is 7.90. The van der Waals surface area contributed by atoms with Crippen LogP contribution in [0.4, 0.5) is 18.9 Å². The van der Waals surface area contributed by atoms with Crippen LogP contribution in [0, 0.1) is 6.92 Å². The van der Waals surface area contributed by atoms with Crippen molar-refractivity contribution in [1.82, 2.24) is 14.8 Å². The van der Waals surface area contributed by atoms with E-state index in [9.17, 15) is 18.0 Å². The Morgan fingerprint density at radius 3 is 2.61 bits per heavy atom. The number of aryl methyl sites for hydroxylation is 1. The molecule has 174 valence electrons. The van der Waals surface area contributed by atoms with Gasteiger partial charge in [0.15, 0.2) is 17.1 Å². The Balaban J connectivity index is 1.71. The van der Waals surface area contributed by atoms with E-state index in [2.05, 4.69) is 22.1 Å². The average Bonchev–Trinajstić information content (AvgIpc) is 3.16. The molecule has 2 aromatic carbocycles. The molecule has 1 amide bonds. The third-order valence-corrected chi connectivity index (χ3v) is 5.62. The van der Waals surface area contributed by atoms with Gasteiger partial charge < -0.3 is 10.1 Å². The number of carbonyl (C=O) groups excluding carboxylic acids is 1. The first-order valence-corrected chi connectivity index (χ1v) is 11.0. The van der Waals surface area contributed by atoms with E-state index < -0.39 is 23.8 Å². The van der Waals surface area contributed by atoms with Crippen LogP contribution in [-0.4, -0.2) is 26.4 Å². The van der Waals surface area contributed by atoms with Crippen molar-refractivity contribution in [3.8, 4) is 5.75 Å². The zero-order valence-electron chi connectivity index (χ0n) is 18.1. The van der Waals surface area contributed by atoms with Crippen LogP contribution < -0.4 is 10.1 Å². The maximum atomic E-state index is 13.1. The molecule has 1 unspecified atom stereocenters. The van der Waals surface area contributed by atoms with Gasteiger partial charge in [-0.1, -0.05) is 48.2 Å². The highest BCUT2D eigenvalue weighted by molar-refractivity contribution is 7.99. The molecule has 1 aromatic heterocycles. The normalized spacial score (nSPS) is 12.3. The topological polar surface area (TPSA) is 69.0 Å². The summed E-state index contributed by atoms with van der Waals surface area (Å²) in [5.41, 5.74) is -0.212. The van der Waals surface area contributed by atoms with Gasteiger partial charge in [-0.3, -0.25) is 9.36 Å². The van der Waals surface area contributed by atoms with Crippen molar-refractivity contribution in [2.45, 2.75) is 37.8 Å². The molecule has 3 rings (SSSR count). The standard InChI is InChI=1S/C23H23F3N4O2S/c1-4-13-30-21(16(3)32-19-12-8-5-9-15(19)2)28-29-22(30)33-14-20(31)27-18-11-7-6-10-17(18)23(24,25)26/h4-12,16H,1,13-14H2,2-3H3,(H,27,31). The molecule has 6 nitrogen and oxygen atoms in total. The van der Waals surface area contributed by atoms with E-state index in [4.69, 9.17) is 4.74 Å². The van der Waals surface area contributed by atoms with Gasteiger partial charge in [-0.15, -0.1) is 16.8 Å². The second kappa shape index (κ2) is 10.6. The molecule has 1 N–H and O–H groups in total. The molecule has 10 heteroatoms. The van der Waals surface area contributed by atoms with Gasteiger partial charge >= 0.3 is 6.18 Å². The molecule has 0 saturated heterocycles. The Labute approximate surface area is 193 Å². The van der Waals surface area contributed by atoms with Crippen LogP contribution in [0.25, 0.3) is 0 Å². The van der Waals surface area contributed by atoms with Gasteiger partial charge in [-0.2, -0.15) is 13.2 Å². The van der Waals surface area contributed by atoms with Crippen LogP contribution in [0.1, 0.15) is 30.0 Å². The lowest BCUT2D eigenvalue weighted by Crippen LogP contribution is -2.18. The zero-order chi connectivity index (χ0) is 24.0. The number of amides is 1. The van der Waals surface area contributed by atoms with Gasteiger partial charge in [0.05, 0.1) is 17.0 Å². The molecule has 0 aliphatic carbocycles. The first kappa shape index (κ1) is 24.4. The fraction of sp³-hybridized carbons (Fsp3) is 0.261. The lowest BCUT2D eigenvalue weighted by atomic mass is 10.1. The van der Waals surface area contributed by atoms with E-state index in [-0.39, 0.29) is 11.4 Å². The number of aromatic nitrogens is 3. The lowest BCUT2D eigenvalue weighted by Gasteiger charge is -2.17. The SMILES string of the molecule is C=CCn1c(SCC(=O)Nc2ccccc2C(F)(F)F)nnc1C(C)Oc1ccccc1C. The van der Waals surface area contributed by atoms with Crippen LogP contribution in [0.3, 0.4) is 0 Å². The number of nitrogens with one attached hydrogen (secondary N) is 1. The number of carbonyl (C=O) groups is 1. The Kier molecular flexibility index (Phi) is 7.80. The summed E-state index contributed by atoms with van der Waals surface area (Å²) in [7, 11) is 0. The number of hydrogen-bond donors (Lipinski definition) is 1. The molecular formula is C23H23F3N4O2S. The molecule has 0 spiro atoms. The van der Waals surface area contributed by atoms with Crippen molar-refractivity contribution in [1.29, 1.82) is 0 Å². The number of hydrogen-bond acceptors (Lipinski definition) is 5. The van der Waals surface area contributed by atoms with Gasteiger partial charge in [0.1, 0.15) is 5.75 Å². The Morgan fingerprint density at radius 2 is 1.91 bits per heavy atom. The highest BCUT2D eigenvalue weighted by Crippen LogP contribution is 2.34. The number of ether oxygens (including phenoxy) is 1. The summed E-state index contributed by atoms with van der Waals surface area (Å²) in [6.07, 6.45) is -3.33. The van der Waals surface area contributed by atoms with E-state index in [0.717, 1.165) is 29.1 Å². The van der Waals surface area contributed by atoms with E-state index in [1.807, 2.05) is 38.1 Å². The van der Waals surface area contributed by atoms with Crippen molar-refractivity contribution in [3.05, 3.63) is 78.1 Å². The maximum Gasteiger partial charge on any atom is 0.418 e. The van der Waals surface area contributed by atoms with Crippen molar-refractivity contribution in [2.75, 3.05) is 11.1 Å². The predicted molar refractivity (Wildman–Crippen MR) is 121 cm³/mol. The van der Waals surface area contributed by atoms with E-state index in [0.29, 0.717) is 17.5 Å². The van der Waals surface area contributed by atoms with Crippen LogP contribution in [0.2, 0.25) is 0 Å². The van der Waals surface area contributed by atoms with Gasteiger partial charge in [0.2, 0.25) is 5.91 Å². The molecule has 3 aromatic rings. The maximum absolute atomic E-state index is 13.1. The minimum absolute atomic E-state index is 0.144. The molecular weight excluding hydrogens is 453 g/mol. The molecule has 0 fully saturated rings. The molecule has 0 saturated carbocycles. The highest BCUT2D eigenvalue weighted by Gasteiger charge is 2.33. The van der Waals surface area contributed by atoms with Gasteiger partial charge in [-0.25, -0.2) is 0 Å². The first-order chi connectivity index (χ1) is 15.7. The summed E-state index contributed by atoms with van der Waals surface area (Å²) in [6, 6.07) is 12.4. The zero-order valence-corrected chi connectivity index (χ0v) is 18.9. The van der Waals surface area contributed by atoms with Gasteiger partial charge in [0.25, 0.3) is 0 Å². The molecule has 0 bridgehead atoms. The minimum Gasteiger partial charge on any atom is -0.482 e. The number of anilines is 1.